The number of carbonyl (C=O) groups is 3. The van der Waals surface area contributed by atoms with Crippen molar-refractivity contribution >= 4 is 17.7 Å². The summed E-state index contributed by atoms with van der Waals surface area (Å²) in [4.78, 5) is 39.5. The van der Waals surface area contributed by atoms with E-state index in [0.717, 1.165) is 70.6 Å². The Morgan fingerprint density at radius 2 is 1.58 bits per heavy atom. The maximum atomic E-state index is 13.5. The van der Waals surface area contributed by atoms with Crippen LogP contribution in [0.4, 0.5) is 0 Å². The Kier molecular flexibility index (Phi) is 12.2. The summed E-state index contributed by atoms with van der Waals surface area (Å²) in [6.07, 6.45) is 14.0. The number of quaternary nitrogens is 1. The van der Waals surface area contributed by atoms with Gasteiger partial charge in [0.2, 0.25) is 5.72 Å². The molecule has 53 heavy (non-hydrogen) atoms. The molecular weight excluding hydrogens is 678 g/mol. The van der Waals surface area contributed by atoms with Crippen LogP contribution >= 0.6 is 0 Å². The van der Waals surface area contributed by atoms with E-state index in [4.69, 9.17) is 14.2 Å². The van der Waals surface area contributed by atoms with Crippen molar-refractivity contribution < 1.29 is 49.0 Å². The Hall–Kier alpha value is -2.15. The van der Waals surface area contributed by atoms with Gasteiger partial charge in [-0.3, -0.25) is 14.4 Å². The fourth-order valence-electron chi connectivity index (χ4n) is 11.1. The highest BCUT2D eigenvalue weighted by Gasteiger charge is 2.87. The SMILES string of the molecule is CCCC1(CCCCCCCCCCCC(=O)O[C@@H]2[C@@H](C)[C@@]3(O)[C@@H](C=C(CO)C[C@]4(O)C(=O)C(C)=C[C@@H]34)[C@@H]3C(C)(C)[C@]23OC(C)=O)OCC(C)(C)[NH+]1[O-]. The zero-order valence-corrected chi connectivity index (χ0v) is 33.6. The molecule has 2 saturated carbocycles. The maximum absolute atomic E-state index is 13.5. The minimum Gasteiger partial charge on any atom is -0.632 e. The van der Waals surface area contributed by atoms with Crippen molar-refractivity contribution in [1.29, 1.82) is 0 Å². The molecule has 0 aromatic rings. The summed E-state index contributed by atoms with van der Waals surface area (Å²) in [7, 11) is 0. The van der Waals surface area contributed by atoms with Crippen LogP contribution in [0.5, 0.6) is 0 Å². The smallest absolute Gasteiger partial charge is 0.306 e. The van der Waals surface area contributed by atoms with E-state index in [0.29, 0.717) is 24.2 Å². The number of nitrogens with one attached hydrogen (secondary N) is 1. The van der Waals surface area contributed by atoms with E-state index in [1.807, 2.05) is 27.7 Å². The van der Waals surface area contributed by atoms with Gasteiger partial charge in [0.25, 0.3) is 0 Å². The van der Waals surface area contributed by atoms with Crippen LogP contribution in [0.2, 0.25) is 0 Å². The van der Waals surface area contributed by atoms with E-state index >= 15 is 0 Å². The molecule has 1 saturated heterocycles. The third-order valence-electron chi connectivity index (χ3n) is 13.9. The average molecular weight is 746 g/mol. The first-order chi connectivity index (χ1) is 24.8. The van der Waals surface area contributed by atoms with Crippen molar-refractivity contribution in [3.8, 4) is 0 Å². The minimum absolute atomic E-state index is 0.125. The molecule has 1 aliphatic heterocycles. The number of unbranched alkanes of at least 4 members (excludes halogenated alkanes) is 8. The topological polar surface area (TPSA) is 167 Å². The van der Waals surface area contributed by atoms with Crippen LogP contribution in [0, 0.1) is 34.3 Å². The van der Waals surface area contributed by atoms with Crippen molar-refractivity contribution in [2.75, 3.05) is 13.2 Å². The molecule has 0 radical (unpaired) electrons. The van der Waals surface area contributed by atoms with Crippen molar-refractivity contribution in [3.05, 3.63) is 28.5 Å². The highest BCUT2D eigenvalue weighted by molar-refractivity contribution is 6.04. The second-order valence-electron chi connectivity index (χ2n) is 18.4. The van der Waals surface area contributed by atoms with Gasteiger partial charge in [-0.15, -0.1) is 0 Å². The molecule has 5 rings (SSSR count). The maximum Gasteiger partial charge on any atom is 0.306 e. The lowest BCUT2D eigenvalue weighted by Gasteiger charge is -2.53. The van der Waals surface area contributed by atoms with Gasteiger partial charge < -0.3 is 39.8 Å². The molecule has 5 aliphatic rings. The predicted molar refractivity (Wildman–Crippen MR) is 199 cm³/mol. The number of fused-ring (bicyclic) bond motifs is 5. The number of hydroxylamine groups is 2. The van der Waals surface area contributed by atoms with Gasteiger partial charge in [-0.1, -0.05) is 84.8 Å². The van der Waals surface area contributed by atoms with E-state index in [1.54, 1.807) is 26.0 Å². The molecule has 2 unspecified atom stereocenters. The fraction of sp³-hybridized carbons (Fsp3) is 0.833. The van der Waals surface area contributed by atoms with Gasteiger partial charge in [0.15, 0.2) is 11.4 Å². The second-order valence-corrected chi connectivity index (χ2v) is 18.4. The van der Waals surface area contributed by atoms with Crippen LogP contribution in [0.25, 0.3) is 0 Å². The van der Waals surface area contributed by atoms with Gasteiger partial charge in [-0.05, 0) is 51.2 Å². The van der Waals surface area contributed by atoms with E-state index < -0.39 is 87.6 Å². The molecule has 4 aliphatic carbocycles. The number of esters is 2. The van der Waals surface area contributed by atoms with Crippen molar-refractivity contribution in [1.82, 2.24) is 0 Å². The lowest BCUT2D eigenvalue weighted by atomic mass is 9.59. The summed E-state index contributed by atoms with van der Waals surface area (Å²) in [5, 5.41) is 48.3. The van der Waals surface area contributed by atoms with Gasteiger partial charge in [-0.25, -0.2) is 0 Å². The highest BCUT2D eigenvalue weighted by atomic mass is 16.6. The van der Waals surface area contributed by atoms with Crippen molar-refractivity contribution in [2.24, 2.45) is 29.1 Å². The molecule has 4 N–H and O–H groups in total. The Morgan fingerprint density at radius 3 is 2.13 bits per heavy atom. The lowest BCUT2D eigenvalue weighted by molar-refractivity contribution is -0.950. The van der Waals surface area contributed by atoms with E-state index in [1.165, 1.54) is 6.92 Å². The molecule has 0 amide bonds. The van der Waals surface area contributed by atoms with Gasteiger partial charge in [0, 0.05) is 61.7 Å². The Morgan fingerprint density at radius 1 is 0.981 bits per heavy atom. The number of rotatable bonds is 17. The van der Waals surface area contributed by atoms with E-state index in [-0.39, 0.29) is 17.9 Å². The Balaban J connectivity index is 1.14. The standard InChI is InChI=1S/C42H67NO10/c1-9-20-39(43(50)37(5,6)26-51-39)21-18-16-14-12-10-11-13-15-17-19-33(46)52-36-28(3)41(49)31(34-38(7,8)42(34,36)53-29(4)45)23-30(25-44)24-40(48)32(41)22-27(2)35(40)47/h22-23,28,31-32,34,36,43-44,48-49H,9-21,24-26H2,1-8H3/t28-,31+,32-,34-,36-,39?,40-,41-,42-/m1/s1. The molecule has 10 atom stereocenters. The first-order valence-electron chi connectivity index (χ1n) is 20.4. The van der Waals surface area contributed by atoms with Crippen molar-refractivity contribution in [3.63, 3.8) is 0 Å². The molecule has 11 heteroatoms. The van der Waals surface area contributed by atoms with Crippen molar-refractivity contribution in [2.45, 2.75) is 179 Å². The first kappa shape index (κ1) is 42.0. The number of aliphatic hydroxyl groups excluding tert-OH is 1. The molecule has 0 aromatic heterocycles. The molecule has 0 aromatic carbocycles. The number of carbonyl (C=O) groups excluding carboxylic acids is 3. The van der Waals surface area contributed by atoms with Gasteiger partial charge in [-0.2, -0.15) is 0 Å². The fourth-order valence-corrected chi connectivity index (χ4v) is 11.1. The number of Topliss-reactive ketones (excluding diaryl/α,β-unsaturated/α-hetero) is 1. The zero-order chi connectivity index (χ0) is 39.2. The second kappa shape index (κ2) is 15.4. The highest BCUT2D eigenvalue weighted by Crippen LogP contribution is 2.77. The molecule has 3 fully saturated rings. The summed E-state index contributed by atoms with van der Waals surface area (Å²) in [5.41, 5.74) is -5.84. The van der Waals surface area contributed by atoms with Crippen LogP contribution in [-0.2, 0) is 28.6 Å². The third kappa shape index (κ3) is 7.09. The van der Waals surface area contributed by atoms with Crippen LogP contribution < -0.4 is 5.06 Å². The first-order valence-corrected chi connectivity index (χ1v) is 20.4. The van der Waals surface area contributed by atoms with Gasteiger partial charge in [0.1, 0.15) is 23.9 Å². The van der Waals surface area contributed by atoms with Crippen LogP contribution in [-0.4, -0.2) is 80.4 Å². The van der Waals surface area contributed by atoms with E-state index in [2.05, 4.69) is 6.92 Å². The number of ketones is 1. The Labute approximate surface area is 316 Å². The number of ether oxygens (including phenoxy) is 3. The number of hydrogen-bond acceptors (Lipinski definition) is 10. The molecular formula is C42H67NO10. The summed E-state index contributed by atoms with van der Waals surface area (Å²) >= 11 is 0. The molecule has 0 spiro atoms. The van der Waals surface area contributed by atoms with E-state index in [9.17, 15) is 34.9 Å². The normalized spacial score (nSPS) is 39.3. The predicted octanol–water partition coefficient (Wildman–Crippen LogP) is 5.03. The quantitative estimate of drug-likeness (QED) is 0.0687. The largest absolute Gasteiger partial charge is 0.632 e. The lowest BCUT2D eigenvalue weighted by Crippen LogP contribution is -3.20. The molecule has 0 bridgehead atoms. The third-order valence-corrected chi connectivity index (χ3v) is 13.9. The number of hydrogen-bond donors (Lipinski definition) is 4. The summed E-state index contributed by atoms with van der Waals surface area (Å²) < 4.78 is 18.5. The molecule has 11 nitrogen and oxygen atoms in total. The monoisotopic (exact) mass is 745 g/mol. The molecule has 1 heterocycles. The molecule has 300 valence electrons. The zero-order valence-electron chi connectivity index (χ0n) is 33.6. The summed E-state index contributed by atoms with van der Waals surface area (Å²) in [5.74, 6) is -4.46. The minimum atomic E-state index is -1.95. The van der Waals surface area contributed by atoms with Gasteiger partial charge >= 0.3 is 11.9 Å². The summed E-state index contributed by atoms with van der Waals surface area (Å²) in [6.45, 7) is 14.7. The van der Waals surface area contributed by atoms with Crippen LogP contribution in [0.15, 0.2) is 23.3 Å². The van der Waals surface area contributed by atoms with Crippen LogP contribution in [0.1, 0.15) is 145 Å². The van der Waals surface area contributed by atoms with Gasteiger partial charge in [0.05, 0.1) is 12.2 Å². The average Bonchev–Trinajstić information content (AvgIpc) is 3.39. The Bertz CT molecular complexity index is 1450. The summed E-state index contributed by atoms with van der Waals surface area (Å²) in [6, 6.07) is 0. The number of aliphatic hydroxyl groups is 3. The van der Waals surface area contributed by atoms with Crippen LogP contribution in [0.3, 0.4) is 0 Å².